The van der Waals surface area contributed by atoms with E-state index in [0.717, 1.165) is 13.1 Å². The first-order chi connectivity index (χ1) is 11.3. The third-order valence-electron chi connectivity index (χ3n) is 6.41. The van der Waals surface area contributed by atoms with Crippen molar-refractivity contribution in [3.8, 4) is 0 Å². The van der Waals surface area contributed by atoms with Crippen LogP contribution in [0.25, 0.3) is 5.57 Å². The lowest BCUT2D eigenvalue weighted by atomic mass is 9.70. The average molecular weight is 327 g/mol. The van der Waals surface area contributed by atoms with Gasteiger partial charge in [0, 0.05) is 37.4 Å². The van der Waals surface area contributed by atoms with Gasteiger partial charge in [-0.3, -0.25) is 4.90 Å². The van der Waals surface area contributed by atoms with Gasteiger partial charge in [-0.25, -0.2) is 0 Å². The maximum Gasteiger partial charge on any atom is 0.0443 e. The van der Waals surface area contributed by atoms with E-state index in [-0.39, 0.29) is 5.41 Å². The Kier molecular flexibility index (Phi) is 4.79. The van der Waals surface area contributed by atoms with Crippen LogP contribution in [-0.2, 0) is 0 Å². The summed E-state index contributed by atoms with van der Waals surface area (Å²) >= 11 is 0. The zero-order chi connectivity index (χ0) is 17.4. The monoisotopic (exact) mass is 326 g/mol. The molecule has 2 aliphatic rings. The third-order valence-corrected chi connectivity index (χ3v) is 6.41. The first-order valence-electron chi connectivity index (χ1n) is 9.62. The summed E-state index contributed by atoms with van der Waals surface area (Å²) in [6.07, 6.45) is 4.96. The van der Waals surface area contributed by atoms with Gasteiger partial charge in [0.15, 0.2) is 0 Å². The van der Waals surface area contributed by atoms with E-state index in [0.29, 0.717) is 5.41 Å². The van der Waals surface area contributed by atoms with E-state index < -0.39 is 0 Å². The fourth-order valence-corrected chi connectivity index (χ4v) is 4.11. The van der Waals surface area contributed by atoms with Gasteiger partial charge in [0.2, 0.25) is 0 Å². The molecule has 3 rings (SSSR count). The van der Waals surface area contributed by atoms with E-state index in [1.165, 1.54) is 49.3 Å². The molecule has 0 radical (unpaired) electrons. The number of allylic oxidation sites excluding steroid dienone is 2. The van der Waals surface area contributed by atoms with Crippen molar-refractivity contribution < 1.29 is 0 Å². The lowest BCUT2D eigenvalue weighted by molar-refractivity contribution is 0.191. The summed E-state index contributed by atoms with van der Waals surface area (Å²) in [5, 5.41) is 0. The number of anilines is 1. The van der Waals surface area contributed by atoms with Crippen LogP contribution in [-0.4, -0.2) is 37.6 Å². The molecule has 0 saturated carbocycles. The maximum absolute atomic E-state index is 2.60. The van der Waals surface area contributed by atoms with Crippen molar-refractivity contribution in [2.24, 2.45) is 10.8 Å². The third kappa shape index (κ3) is 3.26. The molecule has 2 heteroatoms. The molecule has 0 aromatic heterocycles. The predicted octanol–water partition coefficient (Wildman–Crippen LogP) is 5.06. The highest BCUT2D eigenvalue weighted by molar-refractivity contribution is 5.79. The molecule has 0 bridgehead atoms. The van der Waals surface area contributed by atoms with Gasteiger partial charge in [-0.15, -0.1) is 0 Å². The second-order valence-electron chi connectivity index (χ2n) is 8.80. The quantitative estimate of drug-likeness (QED) is 0.763. The van der Waals surface area contributed by atoms with Crippen LogP contribution in [0.5, 0.6) is 0 Å². The van der Waals surface area contributed by atoms with Crippen molar-refractivity contribution in [3.05, 3.63) is 35.9 Å². The van der Waals surface area contributed by atoms with Crippen LogP contribution in [0.1, 0.15) is 53.0 Å². The minimum atomic E-state index is 0.259. The minimum Gasteiger partial charge on any atom is -0.368 e. The lowest BCUT2D eigenvalue weighted by Gasteiger charge is -2.37. The summed E-state index contributed by atoms with van der Waals surface area (Å²) in [6, 6.07) is 9.05. The van der Waals surface area contributed by atoms with Crippen molar-refractivity contribution in [2.45, 2.75) is 47.5 Å². The van der Waals surface area contributed by atoms with E-state index in [1.54, 1.807) is 0 Å². The van der Waals surface area contributed by atoms with E-state index in [4.69, 9.17) is 0 Å². The first kappa shape index (κ1) is 17.5. The number of hydrogen-bond acceptors (Lipinski definition) is 2. The minimum absolute atomic E-state index is 0.259. The highest BCUT2D eigenvalue weighted by atomic mass is 15.3. The molecule has 1 aliphatic carbocycles. The Balaban J connectivity index is 1.83. The number of para-hydroxylation sites is 1. The Morgan fingerprint density at radius 3 is 2.21 bits per heavy atom. The molecular weight excluding hydrogens is 292 g/mol. The molecule has 1 heterocycles. The summed E-state index contributed by atoms with van der Waals surface area (Å²) in [5.74, 6) is 0. The summed E-state index contributed by atoms with van der Waals surface area (Å²) in [5.41, 5.74) is 5.02. The van der Waals surface area contributed by atoms with Crippen LogP contribution in [0, 0.1) is 10.8 Å². The molecule has 2 nitrogen and oxygen atoms in total. The number of hydrogen-bond donors (Lipinski definition) is 0. The average Bonchev–Trinajstić information content (AvgIpc) is 2.76. The molecule has 1 aromatic rings. The van der Waals surface area contributed by atoms with Gasteiger partial charge in [0.25, 0.3) is 0 Å². The molecule has 132 valence electrons. The van der Waals surface area contributed by atoms with Crippen LogP contribution < -0.4 is 4.90 Å². The van der Waals surface area contributed by atoms with Crippen molar-refractivity contribution in [2.75, 3.05) is 37.6 Å². The van der Waals surface area contributed by atoms with Crippen molar-refractivity contribution in [3.63, 3.8) is 0 Å². The summed E-state index contributed by atoms with van der Waals surface area (Å²) in [4.78, 5) is 5.20. The topological polar surface area (TPSA) is 6.48 Å². The van der Waals surface area contributed by atoms with Gasteiger partial charge >= 0.3 is 0 Å². The molecule has 1 saturated heterocycles. The number of piperazine rings is 1. The van der Waals surface area contributed by atoms with Crippen molar-refractivity contribution >= 4 is 11.3 Å². The number of rotatable bonds is 4. The molecule has 1 aromatic carbocycles. The predicted molar refractivity (Wildman–Crippen MR) is 106 cm³/mol. The summed E-state index contributed by atoms with van der Waals surface area (Å²) < 4.78 is 0. The number of nitrogens with zero attached hydrogens (tertiary/aromatic N) is 2. The van der Waals surface area contributed by atoms with Gasteiger partial charge < -0.3 is 4.90 Å². The van der Waals surface area contributed by atoms with Gasteiger partial charge in [0.05, 0.1) is 0 Å². The molecule has 1 aliphatic heterocycles. The Bertz CT molecular complexity index is 604. The Morgan fingerprint density at radius 2 is 1.62 bits per heavy atom. The van der Waals surface area contributed by atoms with E-state index in [1.807, 2.05) is 0 Å². The smallest absolute Gasteiger partial charge is 0.0443 e. The highest BCUT2D eigenvalue weighted by Gasteiger charge is 2.41. The van der Waals surface area contributed by atoms with Crippen LogP contribution in [0.3, 0.4) is 0 Å². The Labute approximate surface area is 148 Å². The Morgan fingerprint density at radius 1 is 0.958 bits per heavy atom. The van der Waals surface area contributed by atoms with Crippen LogP contribution in [0.15, 0.2) is 30.3 Å². The number of benzene rings is 1. The molecule has 0 amide bonds. The fraction of sp³-hybridized carbons (Fsp3) is 0.636. The summed E-state index contributed by atoms with van der Waals surface area (Å²) in [6.45, 7) is 17.8. The van der Waals surface area contributed by atoms with Gasteiger partial charge in [-0.2, -0.15) is 0 Å². The second kappa shape index (κ2) is 6.55. The van der Waals surface area contributed by atoms with Gasteiger partial charge in [-0.05, 0) is 41.9 Å². The lowest BCUT2D eigenvalue weighted by Crippen LogP contribution is -2.46. The second-order valence-corrected chi connectivity index (χ2v) is 8.80. The zero-order valence-corrected chi connectivity index (χ0v) is 16.2. The fourth-order valence-electron chi connectivity index (χ4n) is 4.11. The first-order valence-corrected chi connectivity index (χ1v) is 9.62. The molecule has 0 spiro atoms. The molecule has 0 atom stereocenters. The largest absolute Gasteiger partial charge is 0.368 e. The van der Waals surface area contributed by atoms with E-state index >= 15 is 0 Å². The van der Waals surface area contributed by atoms with E-state index in [2.05, 4.69) is 74.8 Å². The standard InChI is InChI=1S/C22H34N2/c1-6-11-23-12-14-24(15-13-23)20-10-8-7-9-19(20)18-16-21(2,3)22(4,5)17-18/h7-10,16H,6,11-15,17H2,1-5H3. The zero-order valence-electron chi connectivity index (χ0n) is 16.2. The normalized spacial score (nSPS) is 23.4. The SMILES string of the molecule is CCCN1CCN(c2ccccc2C2=CC(C)(C)C(C)(C)C2)CC1. The molecular formula is C22H34N2. The maximum atomic E-state index is 2.60. The van der Waals surface area contributed by atoms with Crippen LogP contribution in [0.4, 0.5) is 5.69 Å². The Hall–Kier alpha value is -1.28. The molecule has 0 unspecified atom stereocenters. The molecule has 1 fully saturated rings. The van der Waals surface area contributed by atoms with Crippen LogP contribution >= 0.6 is 0 Å². The van der Waals surface area contributed by atoms with Gasteiger partial charge in [-0.1, -0.05) is 58.9 Å². The van der Waals surface area contributed by atoms with Crippen molar-refractivity contribution in [1.82, 2.24) is 4.90 Å². The summed E-state index contributed by atoms with van der Waals surface area (Å²) in [7, 11) is 0. The van der Waals surface area contributed by atoms with Crippen LogP contribution in [0.2, 0.25) is 0 Å². The molecule has 24 heavy (non-hydrogen) atoms. The van der Waals surface area contributed by atoms with Crippen molar-refractivity contribution in [1.29, 1.82) is 0 Å². The van der Waals surface area contributed by atoms with E-state index in [9.17, 15) is 0 Å². The molecule has 0 N–H and O–H groups in total. The van der Waals surface area contributed by atoms with Gasteiger partial charge in [0.1, 0.15) is 0 Å². The highest BCUT2D eigenvalue weighted by Crippen LogP contribution is 2.54.